The predicted octanol–water partition coefficient (Wildman–Crippen LogP) is 4.35. The summed E-state index contributed by atoms with van der Waals surface area (Å²) in [6.45, 7) is 5.51. The van der Waals surface area contributed by atoms with Crippen molar-refractivity contribution < 1.29 is 9.53 Å². The molecule has 8 heteroatoms. The van der Waals surface area contributed by atoms with Gasteiger partial charge in [0.1, 0.15) is 5.69 Å². The van der Waals surface area contributed by atoms with Crippen molar-refractivity contribution in [1.29, 1.82) is 0 Å². The first-order valence-corrected chi connectivity index (χ1v) is 10.9. The molecule has 0 radical (unpaired) electrons. The number of carbonyl (C=O) groups excluding carboxylic acids is 1. The van der Waals surface area contributed by atoms with Crippen LogP contribution in [0.15, 0.2) is 65.3 Å². The van der Waals surface area contributed by atoms with Gasteiger partial charge in [0.25, 0.3) is 0 Å². The number of para-hydroxylation sites is 1. The Bertz CT molecular complexity index is 1100. The molecule has 0 saturated carbocycles. The molecule has 0 saturated heterocycles. The Kier molecular flexibility index (Phi) is 5.69. The zero-order chi connectivity index (χ0) is 21.3. The van der Waals surface area contributed by atoms with Crippen LogP contribution in [-0.2, 0) is 9.53 Å². The first kappa shape index (κ1) is 20.3. The van der Waals surface area contributed by atoms with E-state index in [1.165, 1.54) is 0 Å². The zero-order valence-electron chi connectivity index (χ0n) is 16.9. The monoisotopic (exact) mass is 438 g/mol. The van der Waals surface area contributed by atoms with Gasteiger partial charge in [0.2, 0.25) is 0 Å². The SMILES string of the molecule is CC1=C(C(=O)OC(C)C)[C@@H](c2cn(-c3ccccc3)nc2-c2cccs2)NC(=S)N1. The molecular weight excluding hydrogens is 416 g/mol. The van der Waals surface area contributed by atoms with Gasteiger partial charge >= 0.3 is 5.97 Å². The first-order chi connectivity index (χ1) is 14.4. The number of thiocarbonyl (C=S) groups is 1. The molecule has 0 spiro atoms. The second kappa shape index (κ2) is 8.41. The van der Waals surface area contributed by atoms with Crippen molar-refractivity contribution in [2.45, 2.75) is 32.9 Å². The Morgan fingerprint density at radius 1 is 1.23 bits per heavy atom. The third-order valence-electron chi connectivity index (χ3n) is 4.66. The first-order valence-electron chi connectivity index (χ1n) is 9.62. The van der Waals surface area contributed by atoms with Crippen molar-refractivity contribution in [3.63, 3.8) is 0 Å². The largest absolute Gasteiger partial charge is 0.459 e. The summed E-state index contributed by atoms with van der Waals surface area (Å²) in [5.41, 5.74) is 3.78. The standard InChI is InChI=1S/C22H22N4O2S2/c1-13(2)28-21(27)18-14(3)23-22(29)24-20(18)16-12-26(15-8-5-4-6-9-15)25-19(16)17-10-7-11-30-17/h4-13,20H,1-3H3,(H2,23,24,29)/t20-/m1/s1. The van der Waals surface area contributed by atoms with Gasteiger partial charge in [-0.05, 0) is 56.6 Å². The number of nitrogens with zero attached hydrogens (tertiary/aromatic N) is 2. The van der Waals surface area contributed by atoms with E-state index in [1.54, 1.807) is 11.3 Å². The average Bonchev–Trinajstić information content (AvgIpc) is 3.37. The number of rotatable bonds is 5. The van der Waals surface area contributed by atoms with Gasteiger partial charge in [-0.3, -0.25) is 0 Å². The van der Waals surface area contributed by atoms with E-state index in [-0.39, 0.29) is 12.1 Å². The number of esters is 1. The summed E-state index contributed by atoms with van der Waals surface area (Å²) >= 11 is 7.00. The molecule has 3 heterocycles. The van der Waals surface area contributed by atoms with Gasteiger partial charge < -0.3 is 15.4 Å². The van der Waals surface area contributed by atoms with Gasteiger partial charge in [0.15, 0.2) is 5.11 Å². The lowest BCUT2D eigenvalue weighted by Crippen LogP contribution is -2.45. The van der Waals surface area contributed by atoms with E-state index in [0.717, 1.165) is 21.8 Å². The molecule has 1 aliphatic heterocycles. The van der Waals surface area contributed by atoms with Gasteiger partial charge in [-0.15, -0.1) is 11.3 Å². The Morgan fingerprint density at radius 3 is 2.67 bits per heavy atom. The molecule has 3 aromatic rings. The molecule has 0 aliphatic carbocycles. The molecular formula is C22H22N4O2S2. The van der Waals surface area contributed by atoms with Crippen LogP contribution in [0.1, 0.15) is 32.4 Å². The maximum Gasteiger partial charge on any atom is 0.338 e. The maximum absolute atomic E-state index is 13.0. The second-order valence-electron chi connectivity index (χ2n) is 7.21. The number of aromatic nitrogens is 2. The highest BCUT2D eigenvalue weighted by molar-refractivity contribution is 7.80. The van der Waals surface area contributed by atoms with Crippen molar-refractivity contribution >= 4 is 34.6 Å². The summed E-state index contributed by atoms with van der Waals surface area (Å²) < 4.78 is 7.36. The molecule has 1 atom stereocenters. The number of thiophene rings is 1. The van der Waals surface area contributed by atoms with E-state index in [1.807, 2.05) is 79.5 Å². The number of nitrogens with one attached hydrogen (secondary N) is 2. The lowest BCUT2D eigenvalue weighted by molar-refractivity contribution is -0.143. The Labute approximate surface area is 184 Å². The molecule has 0 bridgehead atoms. The zero-order valence-corrected chi connectivity index (χ0v) is 18.5. The van der Waals surface area contributed by atoms with Crippen LogP contribution in [0.2, 0.25) is 0 Å². The minimum Gasteiger partial charge on any atom is -0.459 e. The van der Waals surface area contributed by atoms with Crippen LogP contribution in [0.4, 0.5) is 0 Å². The van der Waals surface area contributed by atoms with Crippen LogP contribution in [0, 0.1) is 0 Å². The molecule has 154 valence electrons. The molecule has 30 heavy (non-hydrogen) atoms. The Morgan fingerprint density at radius 2 is 2.00 bits per heavy atom. The van der Waals surface area contributed by atoms with Crippen LogP contribution < -0.4 is 10.6 Å². The molecule has 0 amide bonds. The highest BCUT2D eigenvalue weighted by atomic mass is 32.1. The van der Waals surface area contributed by atoms with E-state index in [2.05, 4.69) is 10.6 Å². The summed E-state index contributed by atoms with van der Waals surface area (Å²) in [4.78, 5) is 14.0. The number of ether oxygens (including phenoxy) is 1. The lowest BCUT2D eigenvalue weighted by Gasteiger charge is -2.30. The lowest BCUT2D eigenvalue weighted by atomic mass is 9.95. The van der Waals surface area contributed by atoms with E-state index >= 15 is 0 Å². The minimum absolute atomic E-state index is 0.226. The quantitative estimate of drug-likeness (QED) is 0.456. The van der Waals surface area contributed by atoms with Gasteiger partial charge in [0.05, 0.1) is 28.3 Å². The summed E-state index contributed by atoms with van der Waals surface area (Å²) in [5, 5.41) is 13.6. The molecule has 6 nitrogen and oxygen atoms in total. The average molecular weight is 439 g/mol. The molecule has 2 aromatic heterocycles. The fourth-order valence-corrected chi connectivity index (χ4v) is 4.39. The minimum atomic E-state index is -0.473. The summed E-state index contributed by atoms with van der Waals surface area (Å²) in [6.07, 6.45) is 1.72. The Hall–Kier alpha value is -2.97. The van der Waals surface area contributed by atoms with Crippen LogP contribution in [0.3, 0.4) is 0 Å². The number of carbonyl (C=O) groups is 1. The van der Waals surface area contributed by atoms with Crippen molar-refractivity contribution in [2.75, 3.05) is 0 Å². The second-order valence-corrected chi connectivity index (χ2v) is 8.57. The number of hydrogen-bond donors (Lipinski definition) is 2. The van der Waals surface area contributed by atoms with Crippen LogP contribution in [0.5, 0.6) is 0 Å². The number of benzene rings is 1. The Balaban J connectivity index is 1.86. The van der Waals surface area contributed by atoms with E-state index in [4.69, 9.17) is 22.1 Å². The van der Waals surface area contributed by atoms with Crippen LogP contribution in [-0.4, -0.2) is 27.0 Å². The third kappa shape index (κ3) is 4.01. The molecule has 2 N–H and O–H groups in total. The number of allylic oxidation sites excluding steroid dienone is 1. The summed E-state index contributed by atoms with van der Waals surface area (Å²) in [5.74, 6) is -0.375. The van der Waals surface area contributed by atoms with Gasteiger partial charge in [0, 0.05) is 17.5 Å². The number of hydrogen-bond acceptors (Lipinski definition) is 5. The van der Waals surface area contributed by atoms with Crippen molar-refractivity contribution in [1.82, 2.24) is 20.4 Å². The van der Waals surface area contributed by atoms with Gasteiger partial charge in [-0.2, -0.15) is 5.10 Å². The van der Waals surface area contributed by atoms with Crippen LogP contribution >= 0.6 is 23.6 Å². The molecule has 1 aliphatic rings. The van der Waals surface area contributed by atoms with Gasteiger partial charge in [-0.1, -0.05) is 24.3 Å². The van der Waals surface area contributed by atoms with Crippen molar-refractivity contribution in [3.8, 4) is 16.3 Å². The highest BCUT2D eigenvalue weighted by Gasteiger charge is 2.34. The molecule has 4 rings (SSSR count). The molecule has 0 unspecified atom stereocenters. The van der Waals surface area contributed by atoms with Gasteiger partial charge in [-0.25, -0.2) is 9.48 Å². The summed E-state index contributed by atoms with van der Waals surface area (Å²) in [7, 11) is 0. The summed E-state index contributed by atoms with van der Waals surface area (Å²) in [6, 6.07) is 13.4. The molecule has 0 fully saturated rings. The maximum atomic E-state index is 13.0. The topological polar surface area (TPSA) is 68.2 Å². The third-order valence-corrected chi connectivity index (χ3v) is 5.76. The highest BCUT2D eigenvalue weighted by Crippen LogP contribution is 2.36. The fraction of sp³-hybridized carbons (Fsp3) is 0.227. The van der Waals surface area contributed by atoms with Crippen molar-refractivity contribution in [3.05, 3.63) is 70.9 Å². The van der Waals surface area contributed by atoms with E-state index in [0.29, 0.717) is 16.4 Å². The predicted molar refractivity (Wildman–Crippen MR) is 122 cm³/mol. The smallest absolute Gasteiger partial charge is 0.338 e. The molecule has 1 aromatic carbocycles. The van der Waals surface area contributed by atoms with Crippen LogP contribution in [0.25, 0.3) is 16.3 Å². The van der Waals surface area contributed by atoms with E-state index < -0.39 is 6.04 Å². The van der Waals surface area contributed by atoms with E-state index in [9.17, 15) is 4.79 Å². The van der Waals surface area contributed by atoms with Crippen molar-refractivity contribution in [2.24, 2.45) is 0 Å². The fourth-order valence-electron chi connectivity index (χ4n) is 3.39. The normalized spacial score (nSPS) is 16.4.